The number of hydrogen-bond donors (Lipinski definition) is 2. The van der Waals surface area contributed by atoms with Crippen LogP contribution in [0.5, 0.6) is 0 Å². The second kappa shape index (κ2) is 6.63. The van der Waals surface area contributed by atoms with Crippen LogP contribution in [0.25, 0.3) is 0 Å². The molecule has 0 saturated heterocycles. The predicted molar refractivity (Wildman–Crippen MR) is 64.9 cm³/mol. The van der Waals surface area contributed by atoms with E-state index in [-0.39, 0.29) is 0 Å². The van der Waals surface area contributed by atoms with Gasteiger partial charge in [0.2, 0.25) is 0 Å². The summed E-state index contributed by atoms with van der Waals surface area (Å²) in [5, 5.41) is 1.06. The van der Waals surface area contributed by atoms with Crippen molar-refractivity contribution in [2.45, 2.75) is 38.1 Å². The number of nitrogens with one attached hydrogen (secondary N) is 1. The van der Waals surface area contributed by atoms with Gasteiger partial charge in [-0.2, -0.15) is 0 Å². The van der Waals surface area contributed by atoms with Gasteiger partial charge in [0, 0.05) is 5.56 Å². The SMILES string of the molecule is CCCSc1ncnc(NN)c1CCC. The number of anilines is 1. The lowest BCUT2D eigenvalue weighted by Gasteiger charge is -2.10. The average molecular weight is 226 g/mol. The van der Waals surface area contributed by atoms with E-state index >= 15 is 0 Å². The number of hydrogen-bond acceptors (Lipinski definition) is 5. The van der Waals surface area contributed by atoms with Gasteiger partial charge in [-0.1, -0.05) is 20.3 Å². The summed E-state index contributed by atoms with van der Waals surface area (Å²) >= 11 is 1.77. The van der Waals surface area contributed by atoms with E-state index in [9.17, 15) is 0 Å². The van der Waals surface area contributed by atoms with Gasteiger partial charge in [-0.25, -0.2) is 15.8 Å². The lowest BCUT2D eigenvalue weighted by molar-refractivity contribution is 0.855. The Morgan fingerprint density at radius 2 is 2.13 bits per heavy atom. The quantitative estimate of drug-likeness (QED) is 0.337. The van der Waals surface area contributed by atoms with Crippen LogP contribution in [0.2, 0.25) is 0 Å². The van der Waals surface area contributed by atoms with Crippen molar-refractivity contribution in [2.24, 2.45) is 5.84 Å². The summed E-state index contributed by atoms with van der Waals surface area (Å²) in [6.45, 7) is 4.30. The molecule has 4 nitrogen and oxygen atoms in total. The Balaban J connectivity index is 2.90. The number of rotatable bonds is 6. The molecule has 0 atom stereocenters. The van der Waals surface area contributed by atoms with Gasteiger partial charge in [-0.15, -0.1) is 11.8 Å². The second-order valence-corrected chi connectivity index (χ2v) is 4.33. The molecule has 3 N–H and O–H groups in total. The van der Waals surface area contributed by atoms with E-state index in [1.807, 2.05) is 0 Å². The third kappa shape index (κ3) is 3.35. The van der Waals surface area contributed by atoms with Crippen molar-refractivity contribution < 1.29 is 0 Å². The number of aromatic nitrogens is 2. The van der Waals surface area contributed by atoms with Crippen molar-refractivity contribution in [1.82, 2.24) is 9.97 Å². The highest BCUT2D eigenvalue weighted by Gasteiger charge is 2.09. The normalized spacial score (nSPS) is 10.3. The first kappa shape index (κ1) is 12.3. The minimum atomic E-state index is 0.755. The van der Waals surface area contributed by atoms with Gasteiger partial charge in [0.1, 0.15) is 17.2 Å². The maximum atomic E-state index is 5.43. The lowest BCUT2D eigenvalue weighted by Crippen LogP contribution is -2.12. The van der Waals surface area contributed by atoms with Crippen LogP contribution in [0.3, 0.4) is 0 Å². The first-order chi connectivity index (χ1) is 7.33. The largest absolute Gasteiger partial charge is 0.308 e. The summed E-state index contributed by atoms with van der Waals surface area (Å²) in [5.41, 5.74) is 3.77. The number of nitrogen functional groups attached to an aromatic ring is 1. The molecule has 0 radical (unpaired) electrons. The molecule has 0 unspecified atom stereocenters. The van der Waals surface area contributed by atoms with E-state index < -0.39 is 0 Å². The summed E-state index contributed by atoms with van der Waals surface area (Å²) < 4.78 is 0. The van der Waals surface area contributed by atoms with Crippen LogP contribution in [0.4, 0.5) is 5.82 Å². The van der Waals surface area contributed by atoms with Crippen molar-refractivity contribution in [3.63, 3.8) is 0 Å². The third-order valence-electron chi connectivity index (χ3n) is 1.99. The Morgan fingerprint density at radius 1 is 1.33 bits per heavy atom. The van der Waals surface area contributed by atoms with E-state index in [1.165, 1.54) is 0 Å². The van der Waals surface area contributed by atoms with Crippen molar-refractivity contribution in [3.8, 4) is 0 Å². The molecule has 0 amide bonds. The maximum Gasteiger partial charge on any atom is 0.147 e. The molecule has 0 aliphatic carbocycles. The lowest BCUT2D eigenvalue weighted by atomic mass is 10.2. The van der Waals surface area contributed by atoms with Gasteiger partial charge in [0.15, 0.2) is 0 Å². The van der Waals surface area contributed by atoms with Crippen molar-refractivity contribution in [1.29, 1.82) is 0 Å². The topological polar surface area (TPSA) is 63.8 Å². The fourth-order valence-electron chi connectivity index (χ4n) is 1.32. The van der Waals surface area contributed by atoms with E-state index in [0.717, 1.165) is 41.4 Å². The number of nitrogens with two attached hydrogens (primary N) is 1. The standard InChI is InChI=1S/C10H18N4S/c1-3-5-8-9(14-11)12-7-13-10(8)15-6-4-2/h7H,3-6,11H2,1-2H3,(H,12,13,14). The molecule has 1 aromatic rings. The highest BCUT2D eigenvalue weighted by atomic mass is 32.2. The minimum absolute atomic E-state index is 0.755. The molecule has 0 spiro atoms. The molecule has 5 heteroatoms. The summed E-state index contributed by atoms with van der Waals surface area (Å²) in [6, 6.07) is 0. The molecule has 0 aromatic carbocycles. The fraction of sp³-hybridized carbons (Fsp3) is 0.600. The molecule has 0 saturated carbocycles. The minimum Gasteiger partial charge on any atom is -0.308 e. The fourth-order valence-corrected chi connectivity index (χ4v) is 2.21. The number of hydrazine groups is 1. The third-order valence-corrected chi connectivity index (χ3v) is 3.22. The highest BCUT2D eigenvalue weighted by molar-refractivity contribution is 7.99. The van der Waals surface area contributed by atoms with Crippen LogP contribution < -0.4 is 11.3 Å². The number of nitrogens with zero attached hydrogens (tertiary/aromatic N) is 2. The molecule has 15 heavy (non-hydrogen) atoms. The van der Waals surface area contributed by atoms with Crippen LogP contribution in [-0.4, -0.2) is 15.7 Å². The predicted octanol–water partition coefficient (Wildman–Crippen LogP) is 2.22. The van der Waals surface area contributed by atoms with Gasteiger partial charge in [-0.05, 0) is 18.6 Å². The van der Waals surface area contributed by atoms with E-state index in [0.29, 0.717) is 0 Å². The zero-order valence-corrected chi connectivity index (χ0v) is 10.1. The summed E-state index contributed by atoms with van der Waals surface area (Å²) in [6.07, 6.45) is 4.74. The molecular formula is C10H18N4S. The zero-order valence-electron chi connectivity index (χ0n) is 9.29. The van der Waals surface area contributed by atoms with Gasteiger partial charge in [-0.3, -0.25) is 0 Å². The molecular weight excluding hydrogens is 208 g/mol. The first-order valence-electron chi connectivity index (χ1n) is 5.26. The molecule has 0 bridgehead atoms. The van der Waals surface area contributed by atoms with E-state index in [1.54, 1.807) is 18.1 Å². The second-order valence-electron chi connectivity index (χ2n) is 3.25. The van der Waals surface area contributed by atoms with Crippen molar-refractivity contribution >= 4 is 17.6 Å². The summed E-state index contributed by atoms with van der Waals surface area (Å²) in [4.78, 5) is 8.42. The highest BCUT2D eigenvalue weighted by Crippen LogP contribution is 2.25. The molecule has 84 valence electrons. The van der Waals surface area contributed by atoms with Crippen LogP contribution >= 0.6 is 11.8 Å². The summed E-state index contributed by atoms with van der Waals surface area (Å²) in [5.74, 6) is 7.27. The van der Waals surface area contributed by atoms with Crippen molar-refractivity contribution in [2.75, 3.05) is 11.2 Å². The Morgan fingerprint density at radius 3 is 2.73 bits per heavy atom. The maximum absolute atomic E-state index is 5.43. The Labute approximate surface area is 95.0 Å². The van der Waals surface area contributed by atoms with Crippen molar-refractivity contribution in [3.05, 3.63) is 11.9 Å². The van der Waals surface area contributed by atoms with Gasteiger partial charge < -0.3 is 5.43 Å². The van der Waals surface area contributed by atoms with Crippen LogP contribution in [0, 0.1) is 0 Å². The zero-order chi connectivity index (χ0) is 11.1. The van der Waals surface area contributed by atoms with E-state index in [2.05, 4.69) is 29.2 Å². The Hall–Kier alpha value is -0.810. The average Bonchev–Trinajstić information content (AvgIpc) is 2.28. The molecule has 0 aliphatic rings. The van der Waals surface area contributed by atoms with E-state index in [4.69, 9.17) is 5.84 Å². The molecule has 0 aliphatic heterocycles. The summed E-state index contributed by atoms with van der Waals surface area (Å²) in [7, 11) is 0. The smallest absolute Gasteiger partial charge is 0.147 e. The van der Waals surface area contributed by atoms with Gasteiger partial charge in [0.05, 0.1) is 0 Å². The Bertz CT molecular complexity index is 303. The van der Waals surface area contributed by atoms with Crippen LogP contribution in [0.1, 0.15) is 32.3 Å². The molecule has 0 fully saturated rings. The van der Waals surface area contributed by atoms with Gasteiger partial charge in [0.25, 0.3) is 0 Å². The van der Waals surface area contributed by atoms with Gasteiger partial charge >= 0.3 is 0 Å². The van der Waals surface area contributed by atoms with Crippen LogP contribution in [-0.2, 0) is 6.42 Å². The first-order valence-corrected chi connectivity index (χ1v) is 6.25. The molecule has 1 heterocycles. The van der Waals surface area contributed by atoms with Crippen LogP contribution in [0.15, 0.2) is 11.4 Å². The monoisotopic (exact) mass is 226 g/mol. The number of thioether (sulfide) groups is 1. The Kier molecular flexibility index (Phi) is 5.42. The molecule has 1 rings (SSSR count). The molecule has 1 aromatic heterocycles.